The second-order valence-electron chi connectivity index (χ2n) is 7.33. The van der Waals surface area contributed by atoms with Crippen molar-refractivity contribution in [2.45, 2.75) is 20.3 Å². The summed E-state index contributed by atoms with van der Waals surface area (Å²) in [6, 6.07) is 17.6. The van der Waals surface area contributed by atoms with Gasteiger partial charge in [0.15, 0.2) is 6.54 Å². The number of rotatable bonds is 7. The van der Waals surface area contributed by atoms with Crippen molar-refractivity contribution in [2.75, 3.05) is 38.0 Å². The van der Waals surface area contributed by atoms with Gasteiger partial charge in [0.2, 0.25) is 0 Å². The number of hydrogen-bond donors (Lipinski definition) is 2. The van der Waals surface area contributed by atoms with Crippen molar-refractivity contribution in [3.8, 4) is 0 Å². The molecule has 0 fully saturated rings. The first kappa shape index (κ1) is 20.8. The van der Waals surface area contributed by atoms with Gasteiger partial charge in [-0.25, -0.2) is 0 Å². The monoisotopic (exact) mass is 392 g/mol. The van der Waals surface area contributed by atoms with Crippen LogP contribution in [0.15, 0.2) is 60.7 Å². The second kappa shape index (κ2) is 10.0. The van der Waals surface area contributed by atoms with Gasteiger partial charge in [-0.1, -0.05) is 30.3 Å². The fraction of sp³-hybridized carbons (Fsp3) is 0.333. The lowest BCUT2D eigenvalue weighted by molar-refractivity contribution is -0.886. The Morgan fingerprint density at radius 1 is 1.00 bits per heavy atom. The third-order valence-corrected chi connectivity index (χ3v) is 5.41. The smallest absolute Gasteiger partial charge is 0.279 e. The van der Waals surface area contributed by atoms with Crippen LogP contribution in [0.25, 0.3) is 5.57 Å². The number of quaternary nitrogens is 1. The highest BCUT2D eigenvalue weighted by molar-refractivity contribution is 5.96. The van der Waals surface area contributed by atoms with E-state index in [1.807, 2.05) is 19.9 Å². The molecule has 1 heterocycles. The lowest BCUT2D eigenvalue weighted by atomic mass is 10.00. The summed E-state index contributed by atoms with van der Waals surface area (Å²) in [7, 11) is 0. The standard InChI is InChI=1S/C24H29N3O2/c1-3-27(4-2)24(29)21-10-12-22(13-11-21)25-23(28)18-26-16-14-20(15-17-26)19-8-6-5-7-9-19/h5-14H,3-4,15-18H2,1-2H3,(H,25,28)/p+1. The molecule has 3 rings (SSSR count). The lowest BCUT2D eigenvalue weighted by Gasteiger charge is -2.23. The zero-order chi connectivity index (χ0) is 20.6. The average Bonchev–Trinajstić information content (AvgIpc) is 2.76. The fourth-order valence-electron chi connectivity index (χ4n) is 3.68. The first-order valence-electron chi connectivity index (χ1n) is 10.4. The van der Waals surface area contributed by atoms with Gasteiger partial charge in [0, 0.05) is 30.8 Å². The van der Waals surface area contributed by atoms with E-state index in [0.29, 0.717) is 25.2 Å². The van der Waals surface area contributed by atoms with Gasteiger partial charge in [-0.15, -0.1) is 0 Å². The second-order valence-corrected chi connectivity index (χ2v) is 7.33. The van der Waals surface area contributed by atoms with E-state index in [1.165, 1.54) is 16.0 Å². The van der Waals surface area contributed by atoms with Crippen LogP contribution in [-0.4, -0.2) is 49.4 Å². The van der Waals surface area contributed by atoms with Gasteiger partial charge in [-0.05, 0) is 55.3 Å². The van der Waals surface area contributed by atoms with Crippen molar-refractivity contribution >= 4 is 23.1 Å². The van der Waals surface area contributed by atoms with E-state index in [2.05, 4.69) is 35.7 Å². The van der Waals surface area contributed by atoms with Gasteiger partial charge >= 0.3 is 0 Å². The molecule has 2 aromatic rings. The molecular weight excluding hydrogens is 362 g/mol. The molecule has 2 aromatic carbocycles. The minimum Gasteiger partial charge on any atom is -0.339 e. The Morgan fingerprint density at radius 3 is 2.28 bits per heavy atom. The highest BCUT2D eigenvalue weighted by Gasteiger charge is 2.19. The van der Waals surface area contributed by atoms with Crippen LogP contribution < -0.4 is 10.2 Å². The fourth-order valence-corrected chi connectivity index (χ4v) is 3.68. The van der Waals surface area contributed by atoms with Crippen LogP contribution in [0.4, 0.5) is 5.69 Å². The summed E-state index contributed by atoms with van der Waals surface area (Å²) in [5, 5.41) is 2.95. The van der Waals surface area contributed by atoms with Crippen LogP contribution in [0.5, 0.6) is 0 Å². The Bertz CT molecular complexity index is 855. The summed E-state index contributed by atoms with van der Waals surface area (Å²) in [6.07, 6.45) is 3.23. The molecule has 1 aliphatic rings. The molecule has 5 heteroatoms. The van der Waals surface area contributed by atoms with E-state index in [1.54, 1.807) is 29.2 Å². The van der Waals surface area contributed by atoms with Gasteiger partial charge in [-0.2, -0.15) is 0 Å². The summed E-state index contributed by atoms with van der Waals surface area (Å²) in [5.74, 6) is 0.0195. The number of carbonyl (C=O) groups is 2. The minimum absolute atomic E-state index is 0.000574. The van der Waals surface area contributed by atoms with Crippen LogP contribution >= 0.6 is 0 Å². The molecule has 0 aromatic heterocycles. The van der Waals surface area contributed by atoms with E-state index in [-0.39, 0.29) is 11.8 Å². The molecule has 1 atom stereocenters. The predicted molar refractivity (Wildman–Crippen MR) is 117 cm³/mol. The van der Waals surface area contributed by atoms with Crippen LogP contribution in [0.1, 0.15) is 36.2 Å². The molecule has 1 aliphatic heterocycles. The quantitative estimate of drug-likeness (QED) is 0.761. The molecule has 1 unspecified atom stereocenters. The molecular formula is C24H30N3O2+. The maximum Gasteiger partial charge on any atom is 0.279 e. The van der Waals surface area contributed by atoms with Crippen molar-refractivity contribution in [3.05, 3.63) is 71.8 Å². The molecule has 0 spiro atoms. The van der Waals surface area contributed by atoms with Gasteiger partial charge < -0.3 is 15.1 Å². The topological polar surface area (TPSA) is 53.9 Å². The Kier molecular flexibility index (Phi) is 7.19. The van der Waals surface area contributed by atoms with Crippen molar-refractivity contribution in [1.29, 1.82) is 0 Å². The number of anilines is 1. The Labute approximate surface area is 173 Å². The van der Waals surface area contributed by atoms with Gasteiger partial charge in [0.05, 0.1) is 13.1 Å². The zero-order valence-electron chi connectivity index (χ0n) is 17.3. The van der Waals surface area contributed by atoms with Crippen LogP contribution in [0.2, 0.25) is 0 Å². The van der Waals surface area contributed by atoms with Gasteiger partial charge in [0.1, 0.15) is 0 Å². The summed E-state index contributed by atoms with van der Waals surface area (Å²) < 4.78 is 0. The van der Waals surface area contributed by atoms with E-state index < -0.39 is 0 Å². The summed E-state index contributed by atoms with van der Waals surface area (Å²) in [4.78, 5) is 27.8. The van der Waals surface area contributed by atoms with Crippen molar-refractivity contribution in [1.82, 2.24) is 4.90 Å². The molecule has 2 amide bonds. The normalized spacial score (nSPS) is 16.1. The van der Waals surface area contributed by atoms with Crippen molar-refractivity contribution in [2.24, 2.45) is 0 Å². The number of amides is 2. The predicted octanol–water partition coefficient (Wildman–Crippen LogP) is 2.48. The maximum atomic E-state index is 12.4. The molecule has 5 nitrogen and oxygen atoms in total. The average molecular weight is 393 g/mol. The molecule has 2 N–H and O–H groups in total. The van der Waals surface area contributed by atoms with E-state index >= 15 is 0 Å². The summed E-state index contributed by atoms with van der Waals surface area (Å²) in [5.41, 5.74) is 4.01. The minimum atomic E-state index is -0.000574. The van der Waals surface area contributed by atoms with Crippen molar-refractivity contribution < 1.29 is 14.5 Å². The molecule has 0 radical (unpaired) electrons. The first-order valence-corrected chi connectivity index (χ1v) is 10.4. The van der Waals surface area contributed by atoms with E-state index in [0.717, 1.165) is 25.2 Å². The number of benzene rings is 2. The van der Waals surface area contributed by atoms with Crippen LogP contribution in [0, 0.1) is 0 Å². The van der Waals surface area contributed by atoms with Gasteiger partial charge in [0.25, 0.3) is 11.8 Å². The Morgan fingerprint density at radius 2 is 1.69 bits per heavy atom. The Hall–Kier alpha value is -2.92. The third-order valence-electron chi connectivity index (χ3n) is 5.41. The van der Waals surface area contributed by atoms with E-state index in [4.69, 9.17) is 0 Å². The van der Waals surface area contributed by atoms with Crippen molar-refractivity contribution in [3.63, 3.8) is 0 Å². The highest BCUT2D eigenvalue weighted by atomic mass is 16.2. The Balaban J connectivity index is 1.51. The summed E-state index contributed by atoms with van der Waals surface area (Å²) >= 11 is 0. The maximum absolute atomic E-state index is 12.4. The van der Waals surface area contributed by atoms with Gasteiger partial charge in [-0.3, -0.25) is 9.59 Å². The highest BCUT2D eigenvalue weighted by Crippen LogP contribution is 2.17. The molecule has 152 valence electrons. The SMILES string of the molecule is CCN(CC)C(=O)c1ccc(NC(=O)C[NH+]2CC=C(c3ccccc3)CC2)cc1. The summed E-state index contributed by atoms with van der Waals surface area (Å²) in [6.45, 7) is 7.56. The molecule has 0 saturated heterocycles. The molecule has 29 heavy (non-hydrogen) atoms. The molecule has 0 saturated carbocycles. The number of nitrogens with one attached hydrogen (secondary N) is 2. The first-order chi connectivity index (χ1) is 14.1. The number of hydrogen-bond acceptors (Lipinski definition) is 2. The number of carbonyl (C=O) groups excluding carboxylic acids is 2. The third kappa shape index (κ3) is 5.55. The van der Waals surface area contributed by atoms with Crippen LogP contribution in [0.3, 0.4) is 0 Å². The van der Waals surface area contributed by atoms with Crippen LogP contribution in [-0.2, 0) is 4.79 Å². The molecule has 0 bridgehead atoms. The largest absolute Gasteiger partial charge is 0.339 e. The van der Waals surface area contributed by atoms with E-state index in [9.17, 15) is 9.59 Å². The lowest BCUT2D eigenvalue weighted by Crippen LogP contribution is -3.13. The number of nitrogens with zero attached hydrogens (tertiary/aromatic N) is 1. The molecule has 0 aliphatic carbocycles. The zero-order valence-corrected chi connectivity index (χ0v) is 17.3.